The molecule has 0 bridgehead atoms. The molecule has 0 saturated heterocycles. The molecule has 12 heavy (non-hydrogen) atoms. The van der Waals surface area contributed by atoms with Crippen LogP contribution in [0, 0.1) is 5.82 Å². The van der Waals surface area contributed by atoms with Gasteiger partial charge in [-0.05, 0) is 17.7 Å². The third-order valence-electron chi connectivity index (χ3n) is 1.47. The largest absolute Gasteiger partial charge is 0.323 e. The van der Waals surface area contributed by atoms with Crippen molar-refractivity contribution in [3.63, 3.8) is 0 Å². The Hall–Kier alpha value is -0.900. The van der Waals surface area contributed by atoms with Crippen LogP contribution in [-0.4, -0.2) is 6.21 Å². The summed E-state index contributed by atoms with van der Waals surface area (Å²) in [5.41, 5.74) is 1.67. The number of benzene rings is 1. The first-order valence-electron chi connectivity index (χ1n) is 3.35. The van der Waals surface area contributed by atoms with Gasteiger partial charge in [0.05, 0.1) is 6.21 Å². The highest BCUT2D eigenvalue weighted by Crippen LogP contribution is 2.12. The third kappa shape index (κ3) is 2.04. The molecule has 0 unspecified atom stereocenters. The molecule has 1 rings (SSSR count). The number of halogens is 2. The van der Waals surface area contributed by atoms with Crippen molar-refractivity contribution in [1.82, 2.24) is 0 Å². The zero-order chi connectivity index (χ0) is 8.97. The van der Waals surface area contributed by atoms with Gasteiger partial charge in [0, 0.05) is 10.9 Å². The van der Waals surface area contributed by atoms with Crippen molar-refractivity contribution in [2.24, 2.45) is 10.9 Å². The van der Waals surface area contributed by atoms with E-state index in [9.17, 15) is 4.39 Å². The summed E-state index contributed by atoms with van der Waals surface area (Å²) in [6, 6.07) is 4.50. The van der Waals surface area contributed by atoms with Crippen molar-refractivity contribution >= 4 is 22.1 Å². The minimum absolute atomic E-state index is 0.283. The molecule has 0 aliphatic heterocycles. The van der Waals surface area contributed by atoms with Crippen LogP contribution in [0.5, 0.6) is 0 Å². The first-order valence-corrected chi connectivity index (χ1v) is 4.47. The zero-order valence-corrected chi connectivity index (χ0v) is 7.88. The smallest absolute Gasteiger partial charge is 0.123 e. The van der Waals surface area contributed by atoms with Crippen LogP contribution in [0.3, 0.4) is 0 Å². The summed E-state index contributed by atoms with van der Waals surface area (Å²) >= 11 is 3.28. The first kappa shape index (κ1) is 9.19. The van der Waals surface area contributed by atoms with E-state index in [0.717, 1.165) is 5.56 Å². The van der Waals surface area contributed by atoms with Gasteiger partial charge in [-0.25, -0.2) is 4.39 Å². The summed E-state index contributed by atoms with van der Waals surface area (Å²) in [5, 5.41) is 4.00. The molecule has 0 aromatic heterocycles. The lowest BCUT2D eigenvalue weighted by molar-refractivity contribution is 0.627. The van der Waals surface area contributed by atoms with E-state index in [1.807, 2.05) is 0 Å². The Morgan fingerprint density at radius 1 is 1.58 bits per heavy atom. The highest BCUT2D eigenvalue weighted by Gasteiger charge is 1.99. The van der Waals surface area contributed by atoms with E-state index in [4.69, 9.17) is 5.84 Å². The Balaban J connectivity index is 3.12. The van der Waals surface area contributed by atoms with Crippen molar-refractivity contribution in [2.75, 3.05) is 0 Å². The van der Waals surface area contributed by atoms with Crippen molar-refractivity contribution < 1.29 is 4.39 Å². The van der Waals surface area contributed by atoms with E-state index in [-0.39, 0.29) is 5.82 Å². The molecule has 0 atom stereocenters. The summed E-state index contributed by atoms with van der Waals surface area (Å²) in [6.07, 6.45) is 1.43. The van der Waals surface area contributed by atoms with Gasteiger partial charge in [0.25, 0.3) is 0 Å². The summed E-state index contributed by atoms with van der Waals surface area (Å²) < 4.78 is 12.7. The number of hydrazone groups is 1. The summed E-state index contributed by atoms with van der Waals surface area (Å²) in [7, 11) is 0. The van der Waals surface area contributed by atoms with Gasteiger partial charge in [0.15, 0.2) is 0 Å². The normalized spacial score (nSPS) is 10.8. The van der Waals surface area contributed by atoms with Crippen LogP contribution in [0.15, 0.2) is 23.3 Å². The maximum absolute atomic E-state index is 12.7. The molecule has 0 spiro atoms. The second-order valence-corrected chi connectivity index (χ2v) is 2.82. The molecular weight excluding hydrogens is 223 g/mol. The van der Waals surface area contributed by atoms with Gasteiger partial charge in [0.2, 0.25) is 0 Å². The molecule has 0 saturated carbocycles. The van der Waals surface area contributed by atoms with Gasteiger partial charge < -0.3 is 5.84 Å². The van der Waals surface area contributed by atoms with Crippen LogP contribution >= 0.6 is 15.9 Å². The molecule has 2 N–H and O–H groups in total. The number of alkyl halides is 1. The molecule has 0 fully saturated rings. The molecule has 4 heteroatoms. The predicted molar refractivity (Wildman–Crippen MR) is 50.8 cm³/mol. The van der Waals surface area contributed by atoms with E-state index in [2.05, 4.69) is 21.0 Å². The van der Waals surface area contributed by atoms with Crippen molar-refractivity contribution in [3.05, 3.63) is 35.1 Å². The number of nitrogens with zero attached hydrogens (tertiary/aromatic N) is 1. The standard InChI is InChI=1S/C8H8BrFN2/c9-4-6-1-2-8(10)3-7(6)5-12-11/h1-3,5H,4,11H2. The molecule has 1 aromatic rings. The number of hydrogen-bond donors (Lipinski definition) is 1. The third-order valence-corrected chi connectivity index (χ3v) is 2.07. The lowest BCUT2D eigenvalue weighted by Crippen LogP contribution is -1.93. The van der Waals surface area contributed by atoms with Crippen molar-refractivity contribution in [3.8, 4) is 0 Å². The summed E-state index contributed by atoms with van der Waals surface area (Å²) in [6.45, 7) is 0. The van der Waals surface area contributed by atoms with Gasteiger partial charge in [-0.3, -0.25) is 0 Å². The summed E-state index contributed by atoms with van der Waals surface area (Å²) in [5.74, 6) is 4.68. The monoisotopic (exact) mass is 230 g/mol. The van der Waals surface area contributed by atoms with Gasteiger partial charge >= 0.3 is 0 Å². The number of nitrogens with two attached hydrogens (primary N) is 1. The minimum atomic E-state index is -0.283. The summed E-state index contributed by atoms with van der Waals surface area (Å²) in [4.78, 5) is 0. The highest BCUT2D eigenvalue weighted by molar-refractivity contribution is 9.08. The maximum atomic E-state index is 12.7. The molecule has 1 aromatic carbocycles. The molecule has 64 valence electrons. The van der Waals surface area contributed by atoms with Crippen LogP contribution in [0.25, 0.3) is 0 Å². The molecule has 0 heterocycles. The van der Waals surface area contributed by atoms with Gasteiger partial charge in [-0.2, -0.15) is 5.10 Å². The fourth-order valence-electron chi connectivity index (χ4n) is 0.888. The second kappa shape index (κ2) is 4.21. The van der Waals surface area contributed by atoms with Gasteiger partial charge in [-0.1, -0.05) is 22.0 Å². The number of rotatable bonds is 2. The van der Waals surface area contributed by atoms with Crippen molar-refractivity contribution in [2.45, 2.75) is 5.33 Å². The second-order valence-electron chi connectivity index (χ2n) is 2.25. The Bertz CT molecular complexity index is 299. The lowest BCUT2D eigenvalue weighted by Gasteiger charge is -2.00. The molecule has 0 aliphatic carbocycles. The Kier molecular flexibility index (Phi) is 3.22. The predicted octanol–water partition coefficient (Wildman–Crippen LogP) is 2.01. The Morgan fingerprint density at radius 3 is 2.92 bits per heavy atom. The fourth-order valence-corrected chi connectivity index (χ4v) is 1.40. The van der Waals surface area contributed by atoms with Crippen LogP contribution in [0.2, 0.25) is 0 Å². The van der Waals surface area contributed by atoms with Crippen LogP contribution in [0.4, 0.5) is 4.39 Å². The van der Waals surface area contributed by atoms with E-state index in [1.54, 1.807) is 6.07 Å². The lowest BCUT2D eigenvalue weighted by atomic mass is 10.1. The quantitative estimate of drug-likeness (QED) is 0.359. The maximum Gasteiger partial charge on any atom is 0.123 e. The van der Waals surface area contributed by atoms with Crippen LogP contribution in [-0.2, 0) is 5.33 Å². The highest BCUT2D eigenvalue weighted by atomic mass is 79.9. The van der Waals surface area contributed by atoms with E-state index >= 15 is 0 Å². The average Bonchev–Trinajstić information content (AvgIpc) is 2.05. The van der Waals surface area contributed by atoms with Gasteiger partial charge in [0.1, 0.15) is 5.82 Å². The Labute approximate surface area is 78.4 Å². The minimum Gasteiger partial charge on any atom is -0.323 e. The first-order chi connectivity index (χ1) is 5.77. The van der Waals surface area contributed by atoms with E-state index in [0.29, 0.717) is 10.9 Å². The molecular formula is C8H8BrFN2. The average molecular weight is 231 g/mol. The van der Waals surface area contributed by atoms with Crippen molar-refractivity contribution in [1.29, 1.82) is 0 Å². The Morgan fingerprint density at radius 2 is 2.33 bits per heavy atom. The molecule has 0 radical (unpaired) electrons. The van der Waals surface area contributed by atoms with Gasteiger partial charge in [-0.15, -0.1) is 0 Å². The molecule has 0 amide bonds. The van der Waals surface area contributed by atoms with Crippen LogP contribution in [0.1, 0.15) is 11.1 Å². The topological polar surface area (TPSA) is 38.4 Å². The SMILES string of the molecule is NN=Cc1cc(F)ccc1CBr. The molecule has 2 nitrogen and oxygen atoms in total. The number of hydrogen-bond acceptors (Lipinski definition) is 2. The van der Waals surface area contributed by atoms with E-state index in [1.165, 1.54) is 18.3 Å². The zero-order valence-electron chi connectivity index (χ0n) is 6.30. The van der Waals surface area contributed by atoms with E-state index < -0.39 is 0 Å². The fraction of sp³-hybridized carbons (Fsp3) is 0.125. The van der Waals surface area contributed by atoms with Crippen LogP contribution < -0.4 is 5.84 Å². The molecule has 0 aliphatic rings.